The van der Waals surface area contributed by atoms with Crippen LogP contribution in [0.25, 0.3) is 0 Å². The van der Waals surface area contributed by atoms with Gasteiger partial charge >= 0.3 is 0 Å². The summed E-state index contributed by atoms with van der Waals surface area (Å²) in [6.45, 7) is 0. The second-order valence-electron chi connectivity index (χ2n) is 6.15. The predicted molar refractivity (Wildman–Crippen MR) is 86.3 cm³/mol. The van der Waals surface area contributed by atoms with E-state index in [1.54, 1.807) is 0 Å². The Balaban J connectivity index is 0.00000120. The summed E-state index contributed by atoms with van der Waals surface area (Å²) in [7, 11) is 0. The number of hydrogen-bond donors (Lipinski definition) is 2. The lowest BCUT2D eigenvalue weighted by atomic mass is 9.81. The number of nitrogens with one attached hydrogen (secondary N) is 1. The molecule has 0 aromatic rings. The summed E-state index contributed by atoms with van der Waals surface area (Å²) in [6.07, 6.45) is 12.2. The Morgan fingerprint density at radius 3 is 2.33 bits per heavy atom. The average Bonchev–Trinajstić information content (AvgIpc) is 2.95. The molecule has 0 radical (unpaired) electrons. The van der Waals surface area contributed by atoms with E-state index in [0.717, 1.165) is 11.8 Å². The van der Waals surface area contributed by atoms with Crippen LogP contribution in [0.1, 0.15) is 57.8 Å². The van der Waals surface area contributed by atoms with Crippen molar-refractivity contribution < 1.29 is 0 Å². The van der Waals surface area contributed by atoms with Crippen molar-refractivity contribution in [2.75, 3.05) is 0 Å². The minimum absolute atomic E-state index is 0. The van der Waals surface area contributed by atoms with Gasteiger partial charge in [-0.2, -0.15) is 0 Å². The van der Waals surface area contributed by atoms with Crippen molar-refractivity contribution in [3.63, 3.8) is 0 Å². The molecule has 3 aliphatic carbocycles. The van der Waals surface area contributed by atoms with Gasteiger partial charge in [-0.15, -0.1) is 24.0 Å². The Labute approximate surface area is 127 Å². The molecule has 0 amide bonds. The molecule has 3 saturated carbocycles. The number of rotatable bonds is 3. The lowest BCUT2D eigenvalue weighted by Gasteiger charge is -2.25. The molecular formula is C14H26IN3. The van der Waals surface area contributed by atoms with E-state index in [4.69, 9.17) is 5.73 Å². The Morgan fingerprint density at radius 1 is 1.00 bits per heavy atom. The lowest BCUT2D eigenvalue weighted by molar-refractivity contribution is 0.273. The maximum absolute atomic E-state index is 6.01. The van der Waals surface area contributed by atoms with E-state index < -0.39 is 0 Å². The number of nitrogens with zero attached hydrogens (tertiary/aromatic N) is 1. The van der Waals surface area contributed by atoms with Crippen LogP contribution in [0.2, 0.25) is 0 Å². The predicted octanol–water partition coefficient (Wildman–Crippen LogP) is 3.03. The average molecular weight is 363 g/mol. The van der Waals surface area contributed by atoms with E-state index in [1.807, 2.05) is 0 Å². The van der Waals surface area contributed by atoms with Crippen molar-refractivity contribution in [3.8, 4) is 0 Å². The van der Waals surface area contributed by atoms with Crippen molar-refractivity contribution in [1.29, 1.82) is 0 Å². The monoisotopic (exact) mass is 363 g/mol. The fourth-order valence-electron chi connectivity index (χ4n) is 3.40. The lowest BCUT2D eigenvalue weighted by Crippen LogP contribution is -2.41. The number of hydrogen-bond acceptors (Lipinski definition) is 1. The van der Waals surface area contributed by atoms with Gasteiger partial charge in [-0.3, -0.25) is 0 Å². The van der Waals surface area contributed by atoms with Crippen molar-refractivity contribution in [2.24, 2.45) is 22.6 Å². The number of halogens is 1. The van der Waals surface area contributed by atoms with Gasteiger partial charge in [0.25, 0.3) is 0 Å². The van der Waals surface area contributed by atoms with Crippen LogP contribution >= 0.6 is 24.0 Å². The normalized spacial score (nSPS) is 33.4. The van der Waals surface area contributed by atoms with Gasteiger partial charge in [-0.05, 0) is 31.1 Å². The molecule has 0 saturated heterocycles. The highest BCUT2D eigenvalue weighted by Crippen LogP contribution is 2.48. The van der Waals surface area contributed by atoms with Crippen molar-refractivity contribution in [2.45, 2.75) is 69.9 Å². The summed E-state index contributed by atoms with van der Waals surface area (Å²) in [5, 5.41) is 3.41. The molecule has 0 unspecified atom stereocenters. The molecule has 3 rings (SSSR count). The van der Waals surface area contributed by atoms with E-state index >= 15 is 0 Å². The highest BCUT2D eigenvalue weighted by Gasteiger charge is 2.45. The van der Waals surface area contributed by atoms with Crippen LogP contribution in [0.3, 0.4) is 0 Å². The van der Waals surface area contributed by atoms with Gasteiger partial charge in [0.1, 0.15) is 0 Å². The minimum atomic E-state index is 0. The molecule has 3 fully saturated rings. The first-order chi connectivity index (χ1) is 8.33. The van der Waals surface area contributed by atoms with Crippen molar-refractivity contribution >= 4 is 29.9 Å². The molecule has 0 bridgehead atoms. The molecule has 0 heterocycles. The van der Waals surface area contributed by atoms with Crippen LogP contribution < -0.4 is 11.1 Å². The summed E-state index contributed by atoms with van der Waals surface area (Å²) in [6, 6.07) is 1.14. The summed E-state index contributed by atoms with van der Waals surface area (Å²) in [5.41, 5.74) is 6.01. The largest absolute Gasteiger partial charge is 0.370 e. The molecule has 4 heteroatoms. The second kappa shape index (κ2) is 6.44. The van der Waals surface area contributed by atoms with Gasteiger partial charge in [0.2, 0.25) is 0 Å². The van der Waals surface area contributed by atoms with Crippen LogP contribution in [0.4, 0.5) is 0 Å². The topological polar surface area (TPSA) is 50.4 Å². The van der Waals surface area contributed by atoms with E-state index in [0.29, 0.717) is 18.0 Å². The van der Waals surface area contributed by atoms with Crippen LogP contribution in [0.15, 0.2) is 4.99 Å². The second-order valence-corrected chi connectivity index (χ2v) is 6.15. The standard InChI is InChI=1S/C14H25N3.HI/c15-14(16-11-7-2-1-3-8-11)17-13-9-12(13)10-5-4-6-10;/h10-13H,1-9H2,(H3,15,16,17);1H/t12-,13+;/m0./s1. The zero-order valence-corrected chi connectivity index (χ0v) is 13.4. The summed E-state index contributed by atoms with van der Waals surface area (Å²) in [5.74, 6) is 2.56. The highest BCUT2D eigenvalue weighted by atomic mass is 127. The number of aliphatic imine (C=N–C) groups is 1. The SMILES string of the molecule is I.NC(=N[C@@H]1C[C@H]1C1CCC1)NC1CCCCC1. The van der Waals surface area contributed by atoms with Crippen LogP contribution in [0, 0.1) is 11.8 Å². The maximum Gasteiger partial charge on any atom is 0.189 e. The number of guanidine groups is 1. The quantitative estimate of drug-likeness (QED) is 0.460. The summed E-state index contributed by atoms with van der Waals surface area (Å²) < 4.78 is 0. The molecule has 3 aliphatic rings. The Morgan fingerprint density at radius 2 is 1.72 bits per heavy atom. The number of nitrogens with two attached hydrogens (primary N) is 1. The third kappa shape index (κ3) is 3.52. The molecule has 3 N–H and O–H groups in total. The fourth-order valence-corrected chi connectivity index (χ4v) is 3.40. The Bertz CT molecular complexity index is 295. The summed E-state index contributed by atoms with van der Waals surface area (Å²) in [4.78, 5) is 4.65. The molecular weight excluding hydrogens is 337 g/mol. The third-order valence-corrected chi connectivity index (χ3v) is 4.82. The molecule has 3 nitrogen and oxygen atoms in total. The fraction of sp³-hybridized carbons (Fsp3) is 0.929. The van der Waals surface area contributed by atoms with Crippen LogP contribution in [-0.4, -0.2) is 18.0 Å². The first-order valence-electron chi connectivity index (χ1n) is 7.43. The van der Waals surface area contributed by atoms with Gasteiger partial charge in [-0.25, -0.2) is 4.99 Å². The summed E-state index contributed by atoms with van der Waals surface area (Å²) >= 11 is 0. The third-order valence-electron chi connectivity index (χ3n) is 4.82. The first-order valence-corrected chi connectivity index (χ1v) is 7.43. The van der Waals surface area contributed by atoms with Gasteiger partial charge < -0.3 is 11.1 Å². The molecule has 18 heavy (non-hydrogen) atoms. The smallest absolute Gasteiger partial charge is 0.189 e. The molecule has 2 atom stereocenters. The highest BCUT2D eigenvalue weighted by molar-refractivity contribution is 14.0. The zero-order chi connectivity index (χ0) is 11.7. The molecule has 0 aromatic carbocycles. The van der Waals surface area contributed by atoms with Gasteiger partial charge in [0, 0.05) is 6.04 Å². The van der Waals surface area contributed by atoms with Crippen molar-refractivity contribution in [1.82, 2.24) is 5.32 Å². The van der Waals surface area contributed by atoms with E-state index in [-0.39, 0.29) is 24.0 Å². The molecule has 104 valence electrons. The van der Waals surface area contributed by atoms with E-state index in [9.17, 15) is 0 Å². The Kier molecular flexibility index (Phi) is 5.15. The molecule has 0 aromatic heterocycles. The van der Waals surface area contributed by atoms with Crippen molar-refractivity contribution in [3.05, 3.63) is 0 Å². The van der Waals surface area contributed by atoms with Gasteiger partial charge in [0.05, 0.1) is 6.04 Å². The van der Waals surface area contributed by atoms with Crippen LogP contribution in [-0.2, 0) is 0 Å². The molecule has 0 aliphatic heterocycles. The zero-order valence-electron chi connectivity index (χ0n) is 11.1. The maximum atomic E-state index is 6.01. The van der Waals surface area contributed by atoms with Gasteiger partial charge in [-0.1, -0.05) is 38.5 Å². The van der Waals surface area contributed by atoms with Crippen LogP contribution in [0.5, 0.6) is 0 Å². The minimum Gasteiger partial charge on any atom is -0.370 e. The van der Waals surface area contributed by atoms with Gasteiger partial charge in [0.15, 0.2) is 5.96 Å². The Hall–Kier alpha value is 0. The van der Waals surface area contributed by atoms with E-state index in [2.05, 4.69) is 10.3 Å². The molecule has 0 spiro atoms. The first kappa shape index (κ1) is 14.4. The van der Waals surface area contributed by atoms with E-state index in [1.165, 1.54) is 57.8 Å².